The van der Waals surface area contributed by atoms with Gasteiger partial charge >= 0.3 is 0 Å². The molecule has 80 valence electrons. The Bertz CT molecular complexity index is 322. The van der Waals surface area contributed by atoms with Gasteiger partial charge < -0.3 is 5.73 Å². The molecule has 1 fully saturated rings. The molecule has 1 saturated carbocycles. The van der Waals surface area contributed by atoms with E-state index in [1.165, 1.54) is 31.2 Å². The molecule has 0 aromatic heterocycles. The highest BCUT2D eigenvalue weighted by Gasteiger charge is 2.39. The zero-order chi connectivity index (χ0) is 10.7. The molecule has 1 aliphatic rings. The zero-order valence-electron chi connectivity index (χ0n) is 9.15. The largest absolute Gasteiger partial charge is 0.324 e. The predicted molar refractivity (Wildman–Crippen MR) is 64.8 cm³/mol. The van der Waals surface area contributed by atoms with E-state index in [2.05, 4.69) is 36.9 Å². The summed E-state index contributed by atoms with van der Waals surface area (Å²) < 4.78 is 0. The van der Waals surface area contributed by atoms with Gasteiger partial charge in [0.25, 0.3) is 0 Å². The van der Waals surface area contributed by atoms with E-state index in [1.807, 2.05) is 6.08 Å². The first-order valence-electron chi connectivity index (χ1n) is 5.73. The molecule has 1 atom stereocenters. The van der Waals surface area contributed by atoms with Crippen molar-refractivity contribution in [2.24, 2.45) is 5.73 Å². The van der Waals surface area contributed by atoms with Crippen molar-refractivity contribution in [2.45, 2.75) is 37.1 Å². The smallest absolute Gasteiger partial charge is 0.0319 e. The summed E-state index contributed by atoms with van der Waals surface area (Å²) in [6, 6.07) is 10.8. The van der Waals surface area contributed by atoms with Crippen LogP contribution in [0.25, 0.3) is 0 Å². The van der Waals surface area contributed by atoms with E-state index in [1.54, 1.807) is 0 Å². The summed E-state index contributed by atoms with van der Waals surface area (Å²) in [6.45, 7) is 3.85. The van der Waals surface area contributed by atoms with Crippen molar-refractivity contribution < 1.29 is 0 Å². The molecule has 2 N–H and O–H groups in total. The topological polar surface area (TPSA) is 26.0 Å². The molecule has 0 bridgehead atoms. The van der Waals surface area contributed by atoms with Gasteiger partial charge in [0.15, 0.2) is 0 Å². The van der Waals surface area contributed by atoms with E-state index in [0.717, 1.165) is 0 Å². The summed E-state index contributed by atoms with van der Waals surface area (Å²) in [5.74, 6) is 0. The fourth-order valence-corrected chi connectivity index (χ4v) is 2.82. The number of rotatable bonds is 3. The Morgan fingerprint density at radius 2 is 1.80 bits per heavy atom. The Morgan fingerprint density at radius 1 is 1.20 bits per heavy atom. The maximum absolute atomic E-state index is 6.23. The molecule has 0 radical (unpaired) electrons. The summed E-state index contributed by atoms with van der Waals surface area (Å²) in [4.78, 5) is 0. The maximum Gasteiger partial charge on any atom is 0.0319 e. The Morgan fingerprint density at radius 3 is 2.33 bits per heavy atom. The van der Waals surface area contributed by atoms with E-state index >= 15 is 0 Å². The van der Waals surface area contributed by atoms with E-state index < -0.39 is 0 Å². The number of benzene rings is 1. The lowest BCUT2D eigenvalue weighted by Gasteiger charge is -2.34. The van der Waals surface area contributed by atoms with Gasteiger partial charge in [0, 0.05) is 11.5 Å². The third kappa shape index (κ3) is 1.72. The lowest BCUT2D eigenvalue weighted by molar-refractivity contribution is 0.395. The first-order valence-corrected chi connectivity index (χ1v) is 5.73. The highest BCUT2D eigenvalue weighted by molar-refractivity contribution is 5.30. The molecule has 1 aromatic carbocycles. The van der Waals surface area contributed by atoms with E-state index in [9.17, 15) is 0 Å². The minimum Gasteiger partial charge on any atom is -0.324 e. The van der Waals surface area contributed by atoms with Gasteiger partial charge in [-0.05, 0) is 18.4 Å². The highest BCUT2D eigenvalue weighted by Crippen LogP contribution is 2.43. The number of nitrogens with two attached hydrogens (primary N) is 1. The molecule has 0 amide bonds. The van der Waals surface area contributed by atoms with Crippen LogP contribution in [0.2, 0.25) is 0 Å². The van der Waals surface area contributed by atoms with Crippen molar-refractivity contribution in [3.63, 3.8) is 0 Å². The van der Waals surface area contributed by atoms with E-state index in [-0.39, 0.29) is 11.5 Å². The average molecular weight is 201 g/mol. The molecule has 1 heteroatoms. The molecule has 0 spiro atoms. The Hall–Kier alpha value is -1.08. The second-order valence-corrected chi connectivity index (χ2v) is 4.49. The Balaban J connectivity index is 2.39. The minimum atomic E-state index is 0.0856. The number of hydrogen-bond acceptors (Lipinski definition) is 1. The first kappa shape index (κ1) is 10.4. The molecular weight excluding hydrogens is 182 g/mol. The van der Waals surface area contributed by atoms with Crippen molar-refractivity contribution in [2.75, 3.05) is 0 Å². The molecule has 1 unspecified atom stereocenters. The lowest BCUT2D eigenvalue weighted by Crippen LogP contribution is -2.41. The van der Waals surface area contributed by atoms with Crippen molar-refractivity contribution in [3.05, 3.63) is 48.6 Å². The second kappa shape index (κ2) is 4.19. The van der Waals surface area contributed by atoms with Crippen molar-refractivity contribution in [1.82, 2.24) is 0 Å². The van der Waals surface area contributed by atoms with Crippen LogP contribution in [0.3, 0.4) is 0 Å². The molecule has 1 aromatic rings. The first-order chi connectivity index (χ1) is 7.29. The highest BCUT2D eigenvalue weighted by atomic mass is 14.7. The molecule has 0 aliphatic heterocycles. The molecule has 2 rings (SSSR count). The third-order valence-electron chi connectivity index (χ3n) is 3.74. The van der Waals surface area contributed by atoms with E-state index in [4.69, 9.17) is 5.73 Å². The van der Waals surface area contributed by atoms with Gasteiger partial charge in [-0.15, -0.1) is 6.58 Å². The van der Waals surface area contributed by atoms with Gasteiger partial charge in [0.2, 0.25) is 0 Å². The van der Waals surface area contributed by atoms with Crippen LogP contribution in [0, 0.1) is 0 Å². The van der Waals surface area contributed by atoms with Crippen LogP contribution in [0.1, 0.15) is 31.2 Å². The Kier molecular flexibility index (Phi) is 2.92. The van der Waals surface area contributed by atoms with Crippen LogP contribution < -0.4 is 5.73 Å². The van der Waals surface area contributed by atoms with Crippen molar-refractivity contribution in [3.8, 4) is 0 Å². The minimum absolute atomic E-state index is 0.0856. The molecule has 1 aliphatic carbocycles. The van der Waals surface area contributed by atoms with Crippen LogP contribution in [0.4, 0.5) is 0 Å². The van der Waals surface area contributed by atoms with Gasteiger partial charge in [-0.25, -0.2) is 0 Å². The quantitative estimate of drug-likeness (QED) is 0.747. The fourth-order valence-electron chi connectivity index (χ4n) is 2.82. The summed E-state index contributed by atoms with van der Waals surface area (Å²) in [6.07, 6.45) is 6.87. The van der Waals surface area contributed by atoms with Gasteiger partial charge in [0.1, 0.15) is 0 Å². The molecule has 15 heavy (non-hydrogen) atoms. The van der Waals surface area contributed by atoms with Crippen LogP contribution in [-0.4, -0.2) is 6.04 Å². The SMILES string of the molecule is C=CC(N)C1(c2ccccc2)CCCC1. The summed E-state index contributed by atoms with van der Waals surface area (Å²) >= 11 is 0. The van der Waals surface area contributed by atoms with Gasteiger partial charge in [-0.2, -0.15) is 0 Å². The predicted octanol–water partition coefficient (Wildman–Crippen LogP) is 3.01. The molecule has 1 nitrogen and oxygen atoms in total. The molecule has 0 saturated heterocycles. The van der Waals surface area contributed by atoms with Gasteiger partial charge in [-0.1, -0.05) is 49.2 Å². The zero-order valence-corrected chi connectivity index (χ0v) is 9.15. The van der Waals surface area contributed by atoms with Crippen molar-refractivity contribution >= 4 is 0 Å². The average Bonchev–Trinajstić information content (AvgIpc) is 2.79. The van der Waals surface area contributed by atoms with Gasteiger partial charge in [0.05, 0.1) is 0 Å². The normalized spacial score (nSPS) is 21.1. The summed E-state index contributed by atoms with van der Waals surface area (Å²) in [5, 5.41) is 0. The monoisotopic (exact) mass is 201 g/mol. The van der Waals surface area contributed by atoms with Crippen LogP contribution in [-0.2, 0) is 5.41 Å². The fraction of sp³-hybridized carbons (Fsp3) is 0.429. The van der Waals surface area contributed by atoms with Crippen LogP contribution >= 0.6 is 0 Å². The van der Waals surface area contributed by atoms with Crippen LogP contribution in [0.5, 0.6) is 0 Å². The summed E-state index contributed by atoms with van der Waals surface area (Å²) in [7, 11) is 0. The van der Waals surface area contributed by atoms with Crippen LogP contribution in [0.15, 0.2) is 43.0 Å². The lowest BCUT2D eigenvalue weighted by atomic mass is 9.73. The maximum atomic E-state index is 6.23. The number of hydrogen-bond donors (Lipinski definition) is 1. The van der Waals surface area contributed by atoms with Crippen molar-refractivity contribution in [1.29, 1.82) is 0 Å². The summed E-state index contributed by atoms with van der Waals surface area (Å²) in [5.41, 5.74) is 7.77. The molecular formula is C14H19N. The Labute approximate surface area is 92.0 Å². The molecule has 0 heterocycles. The third-order valence-corrected chi connectivity index (χ3v) is 3.74. The second-order valence-electron chi connectivity index (χ2n) is 4.49. The van der Waals surface area contributed by atoms with E-state index in [0.29, 0.717) is 0 Å². The van der Waals surface area contributed by atoms with Gasteiger partial charge in [-0.3, -0.25) is 0 Å². The standard InChI is InChI=1S/C14H19N/c1-2-13(15)14(10-6-7-11-14)12-8-4-3-5-9-12/h2-5,8-9,13H,1,6-7,10-11,15H2.